The predicted molar refractivity (Wildman–Crippen MR) is 95.6 cm³/mol. The summed E-state index contributed by atoms with van der Waals surface area (Å²) in [4.78, 5) is 12.3. The maximum atomic E-state index is 12.3. The standard InChI is InChI=1S/C20H25NO3/c1-3-19(16-8-6-5-7-9-16)20(22)21-14-15-24-18-12-10-17(11-13-18)23-4-2/h5-13,19H,3-4,14-15H2,1-2H3,(H,21,22). The van der Waals surface area contributed by atoms with E-state index in [1.165, 1.54) is 0 Å². The van der Waals surface area contributed by atoms with Crippen molar-refractivity contribution in [3.05, 3.63) is 60.2 Å². The van der Waals surface area contributed by atoms with Crippen LogP contribution in [-0.4, -0.2) is 25.7 Å². The second-order valence-corrected chi connectivity index (χ2v) is 5.42. The van der Waals surface area contributed by atoms with Crippen molar-refractivity contribution in [3.8, 4) is 11.5 Å². The Morgan fingerprint density at radius 1 is 0.958 bits per heavy atom. The first-order valence-corrected chi connectivity index (χ1v) is 8.43. The molecule has 0 aliphatic rings. The van der Waals surface area contributed by atoms with E-state index in [9.17, 15) is 4.79 Å². The van der Waals surface area contributed by atoms with Crippen LogP contribution in [-0.2, 0) is 4.79 Å². The third kappa shape index (κ3) is 5.30. The highest BCUT2D eigenvalue weighted by molar-refractivity contribution is 5.83. The lowest BCUT2D eigenvalue weighted by atomic mass is 9.96. The molecule has 2 aromatic rings. The SMILES string of the molecule is CCOc1ccc(OCCNC(=O)C(CC)c2ccccc2)cc1. The minimum Gasteiger partial charge on any atom is -0.494 e. The molecule has 4 heteroatoms. The quantitative estimate of drug-likeness (QED) is 0.713. The minimum absolute atomic E-state index is 0.0407. The molecule has 0 saturated carbocycles. The van der Waals surface area contributed by atoms with E-state index in [2.05, 4.69) is 5.32 Å². The lowest BCUT2D eigenvalue weighted by molar-refractivity contribution is -0.122. The second kappa shape index (κ2) is 9.60. The van der Waals surface area contributed by atoms with Crippen LogP contribution in [0.2, 0.25) is 0 Å². The van der Waals surface area contributed by atoms with Gasteiger partial charge in [-0.15, -0.1) is 0 Å². The number of carbonyl (C=O) groups excluding carboxylic acids is 1. The summed E-state index contributed by atoms with van der Waals surface area (Å²) in [6.45, 7) is 5.53. The van der Waals surface area contributed by atoms with E-state index < -0.39 is 0 Å². The van der Waals surface area contributed by atoms with Crippen molar-refractivity contribution in [2.75, 3.05) is 19.8 Å². The zero-order chi connectivity index (χ0) is 17.2. The Balaban J connectivity index is 1.75. The topological polar surface area (TPSA) is 47.6 Å². The highest BCUT2D eigenvalue weighted by Crippen LogP contribution is 2.19. The molecule has 0 aliphatic heterocycles. The Morgan fingerprint density at radius 2 is 1.58 bits per heavy atom. The number of amides is 1. The lowest BCUT2D eigenvalue weighted by Gasteiger charge is -2.15. The van der Waals surface area contributed by atoms with Crippen LogP contribution in [0.4, 0.5) is 0 Å². The summed E-state index contributed by atoms with van der Waals surface area (Å²) in [7, 11) is 0. The molecule has 24 heavy (non-hydrogen) atoms. The van der Waals surface area contributed by atoms with Crippen molar-refractivity contribution in [3.63, 3.8) is 0 Å². The molecule has 0 bridgehead atoms. The Morgan fingerprint density at radius 3 is 2.17 bits per heavy atom. The minimum atomic E-state index is -0.114. The molecule has 1 unspecified atom stereocenters. The van der Waals surface area contributed by atoms with Gasteiger partial charge in [-0.2, -0.15) is 0 Å². The maximum Gasteiger partial charge on any atom is 0.227 e. The van der Waals surface area contributed by atoms with Crippen molar-refractivity contribution >= 4 is 5.91 Å². The average molecular weight is 327 g/mol. The molecule has 0 aliphatic carbocycles. The smallest absolute Gasteiger partial charge is 0.227 e. The summed E-state index contributed by atoms with van der Waals surface area (Å²) in [5.41, 5.74) is 1.05. The van der Waals surface area contributed by atoms with Gasteiger partial charge in [0.1, 0.15) is 18.1 Å². The summed E-state index contributed by atoms with van der Waals surface area (Å²) in [5.74, 6) is 1.52. The van der Waals surface area contributed by atoms with E-state index in [-0.39, 0.29) is 11.8 Å². The molecule has 0 aromatic heterocycles. The van der Waals surface area contributed by atoms with Gasteiger partial charge in [0, 0.05) is 0 Å². The monoisotopic (exact) mass is 327 g/mol. The first-order chi connectivity index (χ1) is 11.7. The molecule has 0 heterocycles. The second-order valence-electron chi connectivity index (χ2n) is 5.42. The molecule has 128 valence electrons. The Hall–Kier alpha value is -2.49. The molecular weight excluding hydrogens is 302 g/mol. The summed E-state index contributed by atoms with van der Waals surface area (Å²) < 4.78 is 11.0. The van der Waals surface area contributed by atoms with Crippen molar-refractivity contribution in [2.45, 2.75) is 26.2 Å². The van der Waals surface area contributed by atoms with Gasteiger partial charge in [-0.1, -0.05) is 37.3 Å². The number of benzene rings is 2. The van der Waals surface area contributed by atoms with Gasteiger partial charge < -0.3 is 14.8 Å². The molecule has 1 amide bonds. The van der Waals surface area contributed by atoms with Crippen LogP contribution in [0.1, 0.15) is 31.7 Å². The van der Waals surface area contributed by atoms with Crippen molar-refractivity contribution < 1.29 is 14.3 Å². The molecule has 1 atom stereocenters. The first-order valence-electron chi connectivity index (χ1n) is 8.43. The Bertz CT molecular complexity index is 611. The molecule has 4 nitrogen and oxygen atoms in total. The fourth-order valence-electron chi connectivity index (χ4n) is 2.52. The molecular formula is C20H25NO3. The summed E-state index contributed by atoms with van der Waals surface area (Å²) >= 11 is 0. The highest BCUT2D eigenvalue weighted by atomic mass is 16.5. The Labute approximate surface area is 143 Å². The van der Waals surface area contributed by atoms with Gasteiger partial charge in [0.05, 0.1) is 19.1 Å². The number of carbonyl (C=O) groups is 1. The number of rotatable bonds is 9. The fourth-order valence-corrected chi connectivity index (χ4v) is 2.52. The number of hydrogen-bond acceptors (Lipinski definition) is 3. The third-order valence-corrected chi connectivity index (χ3v) is 3.73. The van der Waals surface area contributed by atoms with Crippen LogP contribution in [0.5, 0.6) is 11.5 Å². The molecule has 0 spiro atoms. The fraction of sp³-hybridized carbons (Fsp3) is 0.350. The number of ether oxygens (including phenoxy) is 2. The molecule has 1 N–H and O–H groups in total. The van der Waals surface area contributed by atoms with Crippen LogP contribution < -0.4 is 14.8 Å². The summed E-state index contributed by atoms with van der Waals surface area (Å²) in [5, 5.41) is 2.95. The zero-order valence-electron chi connectivity index (χ0n) is 14.3. The van der Waals surface area contributed by atoms with Crippen molar-refractivity contribution in [1.82, 2.24) is 5.32 Å². The molecule has 0 fully saturated rings. The first kappa shape index (κ1) is 17.9. The summed E-state index contributed by atoms with van der Waals surface area (Å²) in [6, 6.07) is 17.3. The van der Waals surface area contributed by atoms with Crippen LogP contribution >= 0.6 is 0 Å². The van der Waals surface area contributed by atoms with Gasteiger partial charge in [0.15, 0.2) is 0 Å². The van der Waals surface area contributed by atoms with Gasteiger partial charge in [0.2, 0.25) is 5.91 Å². The van der Waals surface area contributed by atoms with Gasteiger partial charge >= 0.3 is 0 Å². The normalized spacial score (nSPS) is 11.6. The lowest BCUT2D eigenvalue weighted by Crippen LogP contribution is -2.32. The van der Waals surface area contributed by atoms with E-state index in [1.807, 2.05) is 68.4 Å². The van der Waals surface area contributed by atoms with Crippen molar-refractivity contribution in [1.29, 1.82) is 0 Å². The van der Waals surface area contributed by atoms with Gasteiger partial charge in [0.25, 0.3) is 0 Å². The molecule has 2 aromatic carbocycles. The van der Waals surface area contributed by atoms with Crippen LogP contribution in [0, 0.1) is 0 Å². The van der Waals surface area contributed by atoms with Crippen LogP contribution in [0.25, 0.3) is 0 Å². The van der Waals surface area contributed by atoms with E-state index in [0.29, 0.717) is 19.8 Å². The maximum absolute atomic E-state index is 12.3. The predicted octanol–water partition coefficient (Wildman–Crippen LogP) is 3.77. The largest absolute Gasteiger partial charge is 0.494 e. The van der Waals surface area contributed by atoms with E-state index in [4.69, 9.17) is 9.47 Å². The van der Waals surface area contributed by atoms with Crippen molar-refractivity contribution in [2.24, 2.45) is 0 Å². The number of nitrogens with one attached hydrogen (secondary N) is 1. The van der Waals surface area contributed by atoms with Crippen LogP contribution in [0.15, 0.2) is 54.6 Å². The molecule has 2 rings (SSSR count). The van der Waals surface area contributed by atoms with E-state index >= 15 is 0 Å². The van der Waals surface area contributed by atoms with Gasteiger partial charge in [-0.3, -0.25) is 4.79 Å². The number of hydrogen-bond donors (Lipinski definition) is 1. The average Bonchev–Trinajstić information content (AvgIpc) is 2.62. The highest BCUT2D eigenvalue weighted by Gasteiger charge is 2.17. The van der Waals surface area contributed by atoms with Crippen LogP contribution in [0.3, 0.4) is 0 Å². The Kier molecular flexibility index (Phi) is 7.15. The van der Waals surface area contributed by atoms with Gasteiger partial charge in [-0.05, 0) is 43.2 Å². The summed E-state index contributed by atoms with van der Waals surface area (Å²) in [6.07, 6.45) is 0.773. The third-order valence-electron chi connectivity index (χ3n) is 3.73. The molecule has 0 radical (unpaired) electrons. The van der Waals surface area contributed by atoms with Gasteiger partial charge in [-0.25, -0.2) is 0 Å². The van der Waals surface area contributed by atoms with E-state index in [0.717, 1.165) is 23.5 Å². The van der Waals surface area contributed by atoms with E-state index in [1.54, 1.807) is 0 Å². The molecule has 0 saturated heterocycles. The zero-order valence-corrected chi connectivity index (χ0v) is 14.3.